The van der Waals surface area contributed by atoms with Crippen molar-refractivity contribution in [2.24, 2.45) is 0 Å². The van der Waals surface area contributed by atoms with Gasteiger partial charge in [-0.25, -0.2) is 9.18 Å². The number of amides is 1. The number of likely N-dealkylation sites (tertiary alicyclic amines) is 1. The molecular formula is C30H34FN7O3. The number of likely N-dealkylation sites (N-methyl/N-ethyl adjacent to an activating group) is 1. The molecule has 1 amide bonds. The van der Waals surface area contributed by atoms with E-state index in [4.69, 9.17) is 9.72 Å². The summed E-state index contributed by atoms with van der Waals surface area (Å²) in [5.74, 6) is -0.0866. The molecule has 6 rings (SSSR count). The largest absolute Gasteiger partial charge is 0.465 e. The fraction of sp³-hybridized carbons (Fsp3) is 0.500. The Morgan fingerprint density at radius 2 is 2.02 bits per heavy atom. The Bertz CT molecular complexity index is 1510. The summed E-state index contributed by atoms with van der Waals surface area (Å²) in [4.78, 5) is 31.1. The molecule has 0 bridgehead atoms. The molecule has 4 heterocycles. The van der Waals surface area contributed by atoms with Crippen LogP contribution in [0.3, 0.4) is 0 Å². The second-order valence-corrected chi connectivity index (χ2v) is 11.2. The molecule has 2 saturated heterocycles. The van der Waals surface area contributed by atoms with Crippen LogP contribution in [0.2, 0.25) is 0 Å². The number of carbonyl (C=O) groups is 1. The maximum Gasteiger partial charge on any atom is 0.407 e. The van der Waals surface area contributed by atoms with E-state index in [1.54, 1.807) is 6.20 Å². The lowest BCUT2D eigenvalue weighted by atomic mass is 9.87. The van der Waals surface area contributed by atoms with E-state index in [0.717, 1.165) is 56.2 Å². The highest BCUT2D eigenvalue weighted by Crippen LogP contribution is 2.36. The van der Waals surface area contributed by atoms with Crippen molar-refractivity contribution in [1.82, 2.24) is 24.8 Å². The van der Waals surface area contributed by atoms with E-state index < -0.39 is 18.0 Å². The molecule has 0 radical (unpaired) electrons. The predicted octanol–water partition coefficient (Wildman–Crippen LogP) is 4.26. The number of rotatable bonds is 6. The number of carboxylic acid groups (broad SMARTS) is 1. The molecular weight excluding hydrogens is 525 g/mol. The number of hydrogen-bond donors (Lipinski definition) is 1. The fourth-order valence-corrected chi connectivity index (χ4v) is 6.46. The van der Waals surface area contributed by atoms with Crippen molar-refractivity contribution in [3.8, 4) is 23.3 Å². The standard InChI is InChI=1S/C30H34FN7O3/c1-36-13-5-8-21(36)18-41-29-34-27-24(28(35-29)37-14-15-38(30(39)40)20(17-37)11-12-32)16-33-26(25(27)31)23-10-4-7-19-6-2-3-9-22(19)23/h4,7,10,16,20-21H,2-3,5-6,8-9,11,13-15,17-18H2,1H3,(H,39,40)/t20-,21-/m0/s1. The van der Waals surface area contributed by atoms with Gasteiger partial charge < -0.3 is 24.5 Å². The van der Waals surface area contributed by atoms with Crippen molar-refractivity contribution >= 4 is 22.8 Å². The number of nitrogens with zero attached hydrogens (tertiary/aromatic N) is 7. The van der Waals surface area contributed by atoms with Gasteiger partial charge in [0.25, 0.3) is 0 Å². The summed E-state index contributed by atoms with van der Waals surface area (Å²) in [5.41, 5.74) is 3.56. The van der Waals surface area contributed by atoms with Crippen molar-refractivity contribution in [2.75, 3.05) is 44.7 Å². The third kappa shape index (κ3) is 5.24. The SMILES string of the molecule is CN1CCC[C@H]1COc1nc(N2CCN(C(=O)O)[C@@H](CC#N)C2)c2cnc(-c3cccc4c3CCCC4)c(F)c2n1. The number of piperazine rings is 1. The number of fused-ring (bicyclic) bond motifs is 2. The quantitative estimate of drug-likeness (QED) is 0.472. The van der Waals surface area contributed by atoms with Gasteiger partial charge in [-0.3, -0.25) is 4.98 Å². The zero-order valence-corrected chi connectivity index (χ0v) is 23.2. The van der Waals surface area contributed by atoms with Crippen molar-refractivity contribution in [1.29, 1.82) is 5.26 Å². The molecule has 3 aromatic rings. The van der Waals surface area contributed by atoms with Gasteiger partial charge >= 0.3 is 12.1 Å². The normalized spacial score (nSPS) is 21.1. The molecule has 41 heavy (non-hydrogen) atoms. The number of hydrogen-bond acceptors (Lipinski definition) is 8. The second-order valence-electron chi connectivity index (χ2n) is 11.2. The van der Waals surface area contributed by atoms with Gasteiger partial charge in [0.15, 0.2) is 5.82 Å². The molecule has 0 unspecified atom stereocenters. The summed E-state index contributed by atoms with van der Waals surface area (Å²) in [6.07, 6.45) is 6.73. The third-order valence-electron chi connectivity index (χ3n) is 8.73. The molecule has 2 fully saturated rings. The van der Waals surface area contributed by atoms with Crippen LogP contribution in [0.4, 0.5) is 15.0 Å². The minimum absolute atomic E-state index is 0.0407. The molecule has 1 aromatic carbocycles. The lowest BCUT2D eigenvalue weighted by Crippen LogP contribution is -2.55. The number of benzene rings is 1. The molecule has 10 nitrogen and oxygen atoms in total. The zero-order chi connectivity index (χ0) is 28.5. The van der Waals surface area contributed by atoms with E-state index in [9.17, 15) is 15.2 Å². The van der Waals surface area contributed by atoms with Crippen LogP contribution in [-0.2, 0) is 12.8 Å². The van der Waals surface area contributed by atoms with Crippen LogP contribution in [0.15, 0.2) is 24.4 Å². The Labute approximate surface area is 238 Å². The van der Waals surface area contributed by atoms with Crippen LogP contribution in [0, 0.1) is 17.1 Å². The first-order valence-electron chi connectivity index (χ1n) is 14.4. The summed E-state index contributed by atoms with van der Waals surface area (Å²) in [5, 5.41) is 19.4. The molecule has 11 heteroatoms. The Morgan fingerprint density at radius 1 is 1.17 bits per heavy atom. The van der Waals surface area contributed by atoms with Crippen LogP contribution in [0.25, 0.3) is 22.2 Å². The van der Waals surface area contributed by atoms with E-state index in [2.05, 4.69) is 34.1 Å². The van der Waals surface area contributed by atoms with Gasteiger partial charge in [0, 0.05) is 37.4 Å². The molecule has 1 aliphatic carbocycles. The van der Waals surface area contributed by atoms with Gasteiger partial charge in [0.05, 0.1) is 23.9 Å². The van der Waals surface area contributed by atoms with E-state index in [1.807, 2.05) is 17.0 Å². The average molecular weight is 560 g/mol. The molecule has 214 valence electrons. The van der Waals surface area contributed by atoms with E-state index >= 15 is 4.39 Å². The molecule has 0 spiro atoms. The maximum atomic E-state index is 16.5. The first-order chi connectivity index (χ1) is 19.9. The Kier molecular flexibility index (Phi) is 7.58. The Balaban J connectivity index is 1.43. The van der Waals surface area contributed by atoms with Crippen molar-refractivity contribution in [3.63, 3.8) is 0 Å². The summed E-state index contributed by atoms with van der Waals surface area (Å²) in [6, 6.07) is 7.85. The van der Waals surface area contributed by atoms with E-state index in [-0.39, 0.29) is 42.8 Å². The summed E-state index contributed by atoms with van der Waals surface area (Å²) >= 11 is 0. The molecule has 3 aliphatic rings. The highest BCUT2D eigenvalue weighted by atomic mass is 19.1. The van der Waals surface area contributed by atoms with Gasteiger partial charge in [-0.2, -0.15) is 15.2 Å². The number of aryl methyl sites for hydroxylation is 1. The maximum absolute atomic E-state index is 16.5. The Morgan fingerprint density at radius 3 is 2.80 bits per heavy atom. The predicted molar refractivity (Wildman–Crippen MR) is 151 cm³/mol. The summed E-state index contributed by atoms with van der Waals surface area (Å²) in [6.45, 7) is 2.15. The number of aromatic nitrogens is 3. The number of ether oxygens (including phenoxy) is 1. The number of pyridine rings is 1. The lowest BCUT2D eigenvalue weighted by molar-refractivity contribution is 0.119. The van der Waals surface area contributed by atoms with Crippen LogP contribution in [-0.4, -0.2) is 87.9 Å². The van der Waals surface area contributed by atoms with Crippen molar-refractivity contribution in [3.05, 3.63) is 41.3 Å². The molecule has 2 atom stereocenters. The van der Waals surface area contributed by atoms with Gasteiger partial charge in [0.1, 0.15) is 23.6 Å². The minimum Gasteiger partial charge on any atom is -0.465 e. The Hall–Kier alpha value is -4.04. The zero-order valence-electron chi connectivity index (χ0n) is 23.2. The van der Waals surface area contributed by atoms with Crippen LogP contribution in [0.5, 0.6) is 6.01 Å². The molecule has 2 aliphatic heterocycles. The van der Waals surface area contributed by atoms with Crippen LogP contribution in [0.1, 0.15) is 43.2 Å². The molecule has 1 N–H and O–H groups in total. The van der Waals surface area contributed by atoms with Crippen molar-refractivity contribution in [2.45, 2.75) is 57.0 Å². The highest BCUT2D eigenvalue weighted by Gasteiger charge is 2.33. The van der Waals surface area contributed by atoms with Crippen LogP contribution < -0.4 is 9.64 Å². The monoisotopic (exact) mass is 559 g/mol. The fourth-order valence-electron chi connectivity index (χ4n) is 6.46. The van der Waals surface area contributed by atoms with Gasteiger partial charge in [-0.15, -0.1) is 0 Å². The number of anilines is 1. The highest BCUT2D eigenvalue weighted by molar-refractivity contribution is 5.92. The first kappa shape index (κ1) is 27.1. The van der Waals surface area contributed by atoms with E-state index in [0.29, 0.717) is 24.4 Å². The summed E-state index contributed by atoms with van der Waals surface area (Å²) in [7, 11) is 2.06. The third-order valence-corrected chi connectivity index (χ3v) is 8.73. The molecule has 2 aromatic heterocycles. The number of nitriles is 1. The average Bonchev–Trinajstić information content (AvgIpc) is 3.40. The molecule has 0 saturated carbocycles. The first-order valence-corrected chi connectivity index (χ1v) is 14.4. The van der Waals surface area contributed by atoms with Gasteiger partial charge in [0.2, 0.25) is 0 Å². The van der Waals surface area contributed by atoms with Crippen LogP contribution >= 0.6 is 0 Å². The second kappa shape index (κ2) is 11.4. The van der Waals surface area contributed by atoms with Gasteiger partial charge in [-0.1, -0.05) is 18.2 Å². The summed E-state index contributed by atoms with van der Waals surface area (Å²) < 4.78 is 22.5. The lowest BCUT2D eigenvalue weighted by Gasteiger charge is -2.39. The minimum atomic E-state index is -1.06. The number of halogens is 1. The van der Waals surface area contributed by atoms with Gasteiger partial charge in [-0.05, 0) is 63.2 Å². The van der Waals surface area contributed by atoms with Crippen molar-refractivity contribution < 1.29 is 19.0 Å². The topological polar surface area (TPSA) is 119 Å². The smallest absolute Gasteiger partial charge is 0.407 e. The van der Waals surface area contributed by atoms with E-state index in [1.165, 1.54) is 10.5 Å².